The predicted octanol–water partition coefficient (Wildman–Crippen LogP) is 3.82. The fourth-order valence-electron chi connectivity index (χ4n) is 2.42. The van der Waals surface area contributed by atoms with E-state index in [0.29, 0.717) is 11.6 Å². The normalized spacial score (nSPS) is 12.7. The summed E-state index contributed by atoms with van der Waals surface area (Å²) in [5.74, 6) is -0.0449. The maximum Gasteiger partial charge on any atom is 0.221 e. The summed E-state index contributed by atoms with van der Waals surface area (Å²) in [4.78, 5) is 12.2. The summed E-state index contributed by atoms with van der Waals surface area (Å²) in [6.07, 6.45) is 0.273. The Balaban J connectivity index is 1.91. The number of hydrogen-bond donors (Lipinski definition) is 2. The van der Waals surface area contributed by atoms with Crippen LogP contribution >= 0.6 is 11.6 Å². The first kappa shape index (κ1) is 17.5. The minimum atomic E-state index is -0.287. The molecule has 1 amide bonds. The summed E-state index contributed by atoms with van der Waals surface area (Å²) in [5, 5.41) is 3.68. The summed E-state index contributed by atoms with van der Waals surface area (Å²) in [6, 6.07) is 17.1. The topological polar surface area (TPSA) is 55.1 Å². The smallest absolute Gasteiger partial charge is 0.221 e. The number of carbonyl (C=O) groups excluding carboxylic acids is 1. The average molecular weight is 331 g/mol. The van der Waals surface area contributed by atoms with Gasteiger partial charge in [0, 0.05) is 29.4 Å². The Morgan fingerprint density at radius 2 is 1.87 bits per heavy atom. The Labute approximate surface area is 142 Å². The highest BCUT2D eigenvalue weighted by atomic mass is 35.5. The minimum absolute atomic E-state index is 0.0449. The van der Waals surface area contributed by atoms with Gasteiger partial charge in [0.15, 0.2) is 0 Å². The third kappa shape index (κ3) is 5.08. The van der Waals surface area contributed by atoms with Crippen LogP contribution in [0.5, 0.6) is 0 Å². The first-order valence-electron chi connectivity index (χ1n) is 7.72. The summed E-state index contributed by atoms with van der Waals surface area (Å²) in [6.45, 7) is 4.69. The van der Waals surface area contributed by atoms with Gasteiger partial charge in [0.2, 0.25) is 5.91 Å². The number of rotatable bonds is 6. The predicted molar refractivity (Wildman–Crippen MR) is 95.5 cm³/mol. The number of halogens is 1. The highest BCUT2D eigenvalue weighted by Gasteiger charge is 2.22. The van der Waals surface area contributed by atoms with Crippen molar-refractivity contribution in [3.8, 4) is 0 Å². The van der Waals surface area contributed by atoms with E-state index >= 15 is 0 Å². The van der Waals surface area contributed by atoms with E-state index in [9.17, 15) is 4.79 Å². The van der Waals surface area contributed by atoms with Crippen LogP contribution in [-0.4, -0.2) is 12.5 Å². The zero-order valence-corrected chi connectivity index (χ0v) is 14.3. The molecule has 0 radical (unpaired) electrons. The van der Waals surface area contributed by atoms with Crippen molar-refractivity contribution in [1.82, 2.24) is 5.32 Å². The Bertz CT molecular complexity index is 655. The number of nitrogens with one attached hydrogen (secondary N) is 1. The molecular formula is C19H23ClN2O. The molecule has 4 heteroatoms. The van der Waals surface area contributed by atoms with Gasteiger partial charge in [-0.15, -0.1) is 0 Å². The first-order chi connectivity index (χ1) is 10.9. The number of carbonyl (C=O) groups is 1. The van der Waals surface area contributed by atoms with Crippen molar-refractivity contribution in [2.45, 2.75) is 31.7 Å². The SMILES string of the molecule is CC(C)(CNC(=O)CC(N)c1ccccc1)c1cccc(Cl)c1. The fraction of sp³-hybridized carbons (Fsp3) is 0.316. The van der Waals surface area contributed by atoms with E-state index < -0.39 is 0 Å². The van der Waals surface area contributed by atoms with Crippen LogP contribution in [0.3, 0.4) is 0 Å². The average Bonchev–Trinajstić information content (AvgIpc) is 2.54. The maximum atomic E-state index is 12.2. The largest absolute Gasteiger partial charge is 0.355 e. The van der Waals surface area contributed by atoms with Crippen molar-refractivity contribution in [3.05, 3.63) is 70.7 Å². The lowest BCUT2D eigenvalue weighted by molar-refractivity contribution is -0.121. The van der Waals surface area contributed by atoms with E-state index in [-0.39, 0.29) is 23.8 Å². The zero-order chi connectivity index (χ0) is 16.9. The Morgan fingerprint density at radius 3 is 2.52 bits per heavy atom. The van der Waals surface area contributed by atoms with Crippen molar-refractivity contribution in [2.24, 2.45) is 5.73 Å². The molecule has 122 valence electrons. The monoisotopic (exact) mass is 330 g/mol. The van der Waals surface area contributed by atoms with Gasteiger partial charge >= 0.3 is 0 Å². The van der Waals surface area contributed by atoms with Crippen LogP contribution < -0.4 is 11.1 Å². The molecule has 1 unspecified atom stereocenters. The zero-order valence-electron chi connectivity index (χ0n) is 13.6. The maximum absolute atomic E-state index is 12.2. The van der Waals surface area contributed by atoms with Crippen LogP contribution in [0, 0.1) is 0 Å². The third-order valence-electron chi connectivity index (χ3n) is 3.97. The van der Waals surface area contributed by atoms with Crippen LogP contribution in [0.25, 0.3) is 0 Å². The van der Waals surface area contributed by atoms with Gasteiger partial charge in [0.05, 0.1) is 0 Å². The van der Waals surface area contributed by atoms with Crippen molar-refractivity contribution < 1.29 is 4.79 Å². The van der Waals surface area contributed by atoms with E-state index in [1.165, 1.54) is 0 Å². The number of hydrogen-bond acceptors (Lipinski definition) is 2. The molecule has 2 rings (SSSR count). The van der Waals surface area contributed by atoms with E-state index in [0.717, 1.165) is 11.1 Å². The van der Waals surface area contributed by atoms with E-state index in [4.69, 9.17) is 17.3 Å². The van der Waals surface area contributed by atoms with Gasteiger partial charge in [0.25, 0.3) is 0 Å². The molecular weight excluding hydrogens is 308 g/mol. The van der Waals surface area contributed by atoms with Gasteiger partial charge in [-0.25, -0.2) is 0 Å². The van der Waals surface area contributed by atoms with Crippen molar-refractivity contribution in [2.75, 3.05) is 6.54 Å². The fourth-order valence-corrected chi connectivity index (χ4v) is 2.61. The lowest BCUT2D eigenvalue weighted by Gasteiger charge is -2.26. The first-order valence-corrected chi connectivity index (χ1v) is 8.09. The van der Waals surface area contributed by atoms with Crippen LogP contribution in [-0.2, 0) is 10.2 Å². The number of benzene rings is 2. The molecule has 1 atom stereocenters. The molecule has 0 aromatic heterocycles. The summed E-state index contributed by atoms with van der Waals surface area (Å²) in [5.41, 5.74) is 7.96. The Hall–Kier alpha value is -1.84. The van der Waals surface area contributed by atoms with E-state index in [1.54, 1.807) is 0 Å². The molecule has 0 saturated carbocycles. The lowest BCUT2D eigenvalue weighted by Crippen LogP contribution is -2.37. The van der Waals surface area contributed by atoms with Crippen LogP contribution in [0.2, 0.25) is 5.02 Å². The standard InChI is InChI=1S/C19H23ClN2O/c1-19(2,15-9-6-10-16(20)11-15)13-22-18(23)12-17(21)14-7-4-3-5-8-14/h3-11,17H,12-13,21H2,1-2H3,(H,22,23). The van der Waals surface area contributed by atoms with Crippen LogP contribution in [0.4, 0.5) is 0 Å². The third-order valence-corrected chi connectivity index (χ3v) is 4.20. The van der Waals surface area contributed by atoms with Gasteiger partial charge in [-0.2, -0.15) is 0 Å². The molecule has 0 spiro atoms. The molecule has 0 saturated heterocycles. The van der Waals surface area contributed by atoms with Crippen LogP contribution in [0.1, 0.15) is 37.4 Å². The quantitative estimate of drug-likeness (QED) is 0.845. The van der Waals surface area contributed by atoms with Gasteiger partial charge in [-0.3, -0.25) is 4.79 Å². The molecule has 2 aromatic carbocycles. The number of nitrogens with two attached hydrogens (primary N) is 1. The van der Waals surface area contributed by atoms with Gasteiger partial charge < -0.3 is 11.1 Å². The van der Waals surface area contributed by atoms with Gasteiger partial charge in [-0.1, -0.05) is 67.9 Å². The Kier molecular flexibility index (Phi) is 5.80. The molecule has 0 fully saturated rings. The molecule has 0 aliphatic heterocycles. The molecule has 3 nitrogen and oxygen atoms in total. The lowest BCUT2D eigenvalue weighted by atomic mass is 9.84. The van der Waals surface area contributed by atoms with Gasteiger partial charge in [0.1, 0.15) is 0 Å². The highest BCUT2D eigenvalue weighted by Crippen LogP contribution is 2.25. The second kappa shape index (κ2) is 7.62. The summed E-state index contributed by atoms with van der Waals surface area (Å²) < 4.78 is 0. The summed E-state index contributed by atoms with van der Waals surface area (Å²) >= 11 is 6.05. The molecule has 0 heterocycles. The molecule has 23 heavy (non-hydrogen) atoms. The van der Waals surface area contributed by atoms with Gasteiger partial charge in [-0.05, 0) is 23.3 Å². The van der Waals surface area contributed by atoms with E-state index in [2.05, 4.69) is 19.2 Å². The van der Waals surface area contributed by atoms with Crippen molar-refractivity contribution in [1.29, 1.82) is 0 Å². The molecule has 0 bridgehead atoms. The molecule has 0 aliphatic carbocycles. The minimum Gasteiger partial charge on any atom is -0.355 e. The highest BCUT2D eigenvalue weighted by molar-refractivity contribution is 6.30. The number of amides is 1. The molecule has 0 aliphatic rings. The second-order valence-electron chi connectivity index (χ2n) is 6.39. The van der Waals surface area contributed by atoms with E-state index in [1.807, 2.05) is 54.6 Å². The summed E-state index contributed by atoms with van der Waals surface area (Å²) in [7, 11) is 0. The van der Waals surface area contributed by atoms with Crippen LogP contribution in [0.15, 0.2) is 54.6 Å². The molecule has 3 N–H and O–H groups in total. The molecule has 2 aromatic rings. The Morgan fingerprint density at radius 1 is 1.17 bits per heavy atom. The second-order valence-corrected chi connectivity index (χ2v) is 6.83. The van der Waals surface area contributed by atoms with Crippen molar-refractivity contribution >= 4 is 17.5 Å². The van der Waals surface area contributed by atoms with Crippen molar-refractivity contribution in [3.63, 3.8) is 0 Å².